The molecule has 0 unspecified atom stereocenters. The van der Waals surface area contributed by atoms with Gasteiger partial charge in [-0.25, -0.2) is 4.79 Å². The van der Waals surface area contributed by atoms with E-state index in [0.29, 0.717) is 6.54 Å². The summed E-state index contributed by atoms with van der Waals surface area (Å²) in [5.41, 5.74) is 1.34. The fourth-order valence-electron chi connectivity index (χ4n) is 3.39. The lowest BCUT2D eigenvalue weighted by atomic mass is 9.90. The zero-order chi connectivity index (χ0) is 16.0. The van der Waals surface area contributed by atoms with Crippen molar-refractivity contribution in [3.8, 4) is 0 Å². The summed E-state index contributed by atoms with van der Waals surface area (Å²) in [6, 6.07) is 10.6. The number of hydrogen-bond acceptors (Lipinski definition) is 3. The highest BCUT2D eigenvalue weighted by Gasteiger charge is 2.40. The third-order valence-electron chi connectivity index (χ3n) is 4.67. The number of amides is 2. The van der Waals surface area contributed by atoms with Crippen LogP contribution in [-0.2, 0) is 11.2 Å². The maximum Gasteiger partial charge on any atom is 0.315 e. The number of ether oxygens (including phenoxy) is 1. The number of thioether (sulfide) groups is 1. The average Bonchev–Trinajstić information content (AvgIpc) is 3.00. The fourth-order valence-corrected chi connectivity index (χ4v) is 4.77. The largest absolute Gasteiger partial charge is 0.374 e. The van der Waals surface area contributed by atoms with E-state index >= 15 is 0 Å². The Kier molecular flexibility index (Phi) is 5.84. The molecule has 23 heavy (non-hydrogen) atoms. The second kappa shape index (κ2) is 8.06. The van der Waals surface area contributed by atoms with E-state index in [9.17, 15) is 4.79 Å². The molecule has 1 aromatic carbocycles. The van der Waals surface area contributed by atoms with Gasteiger partial charge in [-0.05, 0) is 43.4 Å². The standard InChI is InChI=1S/C18H26N2O2S/c21-17(19-10-4-7-15-5-2-1-3-6-15)20-16-8-11-22-18(13-16)9-12-23-14-18/h1-3,5-6,16H,4,7-14H2,(H2,19,20,21)/t16-,18+/m1/s1. The van der Waals surface area contributed by atoms with Crippen LogP contribution in [0.5, 0.6) is 0 Å². The molecule has 126 valence electrons. The lowest BCUT2D eigenvalue weighted by Gasteiger charge is -2.37. The number of benzene rings is 1. The summed E-state index contributed by atoms with van der Waals surface area (Å²) in [7, 11) is 0. The highest BCUT2D eigenvalue weighted by atomic mass is 32.2. The quantitative estimate of drug-likeness (QED) is 0.814. The highest BCUT2D eigenvalue weighted by molar-refractivity contribution is 7.99. The Hall–Kier alpha value is -1.20. The van der Waals surface area contributed by atoms with Crippen molar-refractivity contribution in [2.45, 2.75) is 43.7 Å². The molecule has 0 aliphatic carbocycles. The fraction of sp³-hybridized carbons (Fsp3) is 0.611. The molecule has 2 aliphatic rings. The first-order valence-corrected chi connectivity index (χ1v) is 9.71. The van der Waals surface area contributed by atoms with Gasteiger partial charge in [-0.15, -0.1) is 0 Å². The van der Waals surface area contributed by atoms with Crippen LogP contribution in [0.1, 0.15) is 31.2 Å². The molecule has 2 heterocycles. The summed E-state index contributed by atoms with van der Waals surface area (Å²) in [4.78, 5) is 12.1. The maximum absolute atomic E-state index is 12.1. The molecule has 0 bridgehead atoms. The van der Waals surface area contributed by atoms with Crippen molar-refractivity contribution in [3.05, 3.63) is 35.9 Å². The van der Waals surface area contributed by atoms with Crippen LogP contribution >= 0.6 is 11.8 Å². The summed E-state index contributed by atoms with van der Waals surface area (Å²) in [5.74, 6) is 2.25. The summed E-state index contributed by atoms with van der Waals surface area (Å²) < 4.78 is 5.99. The van der Waals surface area contributed by atoms with E-state index in [1.54, 1.807) is 0 Å². The first-order chi connectivity index (χ1) is 11.3. The molecule has 0 aromatic heterocycles. The molecule has 0 saturated carbocycles. The summed E-state index contributed by atoms with van der Waals surface area (Å²) in [5, 5.41) is 6.11. The van der Waals surface area contributed by atoms with E-state index < -0.39 is 0 Å². The lowest BCUT2D eigenvalue weighted by molar-refractivity contribution is -0.0684. The van der Waals surface area contributed by atoms with E-state index in [1.165, 1.54) is 11.3 Å². The van der Waals surface area contributed by atoms with Crippen LogP contribution in [-0.4, -0.2) is 42.3 Å². The van der Waals surface area contributed by atoms with Crippen molar-refractivity contribution in [1.82, 2.24) is 10.6 Å². The van der Waals surface area contributed by atoms with Gasteiger partial charge in [0.15, 0.2) is 0 Å². The first-order valence-electron chi connectivity index (χ1n) is 8.56. The van der Waals surface area contributed by atoms with Gasteiger partial charge >= 0.3 is 6.03 Å². The van der Waals surface area contributed by atoms with Crippen molar-refractivity contribution >= 4 is 17.8 Å². The molecule has 5 heteroatoms. The average molecular weight is 334 g/mol. The van der Waals surface area contributed by atoms with E-state index in [-0.39, 0.29) is 17.7 Å². The molecule has 2 amide bonds. The molecular formula is C18H26N2O2S. The van der Waals surface area contributed by atoms with Crippen LogP contribution in [0.25, 0.3) is 0 Å². The SMILES string of the molecule is O=C(NCCCc1ccccc1)N[C@@H]1CCO[C@@]2(CCSC2)C1. The predicted octanol–water partition coefficient (Wildman–Crippen LogP) is 2.97. The van der Waals surface area contributed by atoms with Crippen LogP contribution in [0.15, 0.2) is 30.3 Å². The predicted molar refractivity (Wildman–Crippen MR) is 94.9 cm³/mol. The Morgan fingerprint density at radius 1 is 1.35 bits per heavy atom. The molecule has 2 atom stereocenters. The Bertz CT molecular complexity index is 503. The van der Waals surface area contributed by atoms with Crippen LogP contribution < -0.4 is 10.6 Å². The van der Waals surface area contributed by atoms with Gasteiger partial charge in [0, 0.05) is 24.9 Å². The summed E-state index contributed by atoms with van der Waals surface area (Å²) >= 11 is 1.96. The number of aryl methyl sites for hydroxylation is 1. The Morgan fingerprint density at radius 3 is 3.00 bits per heavy atom. The van der Waals surface area contributed by atoms with Gasteiger partial charge in [-0.2, -0.15) is 11.8 Å². The van der Waals surface area contributed by atoms with Crippen LogP contribution in [0.2, 0.25) is 0 Å². The number of carbonyl (C=O) groups excluding carboxylic acids is 1. The van der Waals surface area contributed by atoms with E-state index in [4.69, 9.17) is 4.74 Å². The minimum Gasteiger partial charge on any atom is -0.374 e. The van der Waals surface area contributed by atoms with Crippen molar-refractivity contribution < 1.29 is 9.53 Å². The van der Waals surface area contributed by atoms with E-state index in [0.717, 1.165) is 44.5 Å². The minimum absolute atomic E-state index is 0.0220. The van der Waals surface area contributed by atoms with E-state index in [2.05, 4.69) is 34.9 Å². The summed E-state index contributed by atoms with van der Waals surface area (Å²) in [6.45, 7) is 1.48. The van der Waals surface area contributed by atoms with Gasteiger partial charge < -0.3 is 15.4 Å². The van der Waals surface area contributed by atoms with E-state index in [1.807, 2.05) is 17.8 Å². The Labute approximate surface area is 142 Å². The molecule has 3 rings (SSSR count). The number of nitrogens with one attached hydrogen (secondary N) is 2. The van der Waals surface area contributed by atoms with Gasteiger partial charge in [-0.1, -0.05) is 30.3 Å². The van der Waals surface area contributed by atoms with Gasteiger partial charge in [0.25, 0.3) is 0 Å². The minimum atomic E-state index is -0.0363. The monoisotopic (exact) mass is 334 g/mol. The third kappa shape index (κ3) is 4.88. The lowest BCUT2D eigenvalue weighted by Crippen LogP contribution is -2.51. The maximum atomic E-state index is 12.1. The second-order valence-corrected chi connectivity index (χ2v) is 7.62. The second-order valence-electron chi connectivity index (χ2n) is 6.51. The zero-order valence-corrected chi connectivity index (χ0v) is 14.4. The summed E-state index contributed by atoms with van der Waals surface area (Å²) in [6.07, 6.45) is 4.96. The molecule has 2 saturated heterocycles. The number of hydrogen-bond donors (Lipinski definition) is 2. The normalized spacial score (nSPS) is 27.0. The topological polar surface area (TPSA) is 50.4 Å². The molecule has 2 fully saturated rings. The van der Waals surface area contributed by atoms with Crippen molar-refractivity contribution in [2.75, 3.05) is 24.7 Å². The van der Waals surface area contributed by atoms with Crippen molar-refractivity contribution in [1.29, 1.82) is 0 Å². The molecule has 1 aromatic rings. The van der Waals surface area contributed by atoms with Gasteiger partial charge in [0.2, 0.25) is 0 Å². The molecule has 0 radical (unpaired) electrons. The first kappa shape index (κ1) is 16.7. The Balaban J connectivity index is 1.34. The number of rotatable bonds is 5. The molecular weight excluding hydrogens is 308 g/mol. The van der Waals surface area contributed by atoms with Crippen molar-refractivity contribution in [2.24, 2.45) is 0 Å². The Morgan fingerprint density at radius 2 is 2.22 bits per heavy atom. The number of carbonyl (C=O) groups is 1. The molecule has 4 nitrogen and oxygen atoms in total. The highest BCUT2D eigenvalue weighted by Crippen LogP contribution is 2.38. The van der Waals surface area contributed by atoms with Crippen LogP contribution in [0.3, 0.4) is 0 Å². The number of urea groups is 1. The molecule has 1 spiro atoms. The van der Waals surface area contributed by atoms with Gasteiger partial charge in [0.05, 0.1) is 5.60 Å². The van der Waals surface area contributed by atoms with Crippen molar-refractivity contribution in [3.63, 3.8) is 0 Å². The molecule has 2 N–H and O–H groups in total. The third-order valence-corrected chi connectivity index (χ3v) is 5.89. The zero-order valence-electron chi connectivity index (χ0n) is 13.6. The smallest absolute Gasteiger partial charge is 0.315 e. The van der Waals surface area contributed by atoms with Crippen LogP contribution in [0.4, 0.5) is 4.79 Å². The molecule has 2 aliphatic heterocycles. The van der Waals surface area contributed by atoms with Gasteiger partial charge in [0.1, 0.15) is 0 Å². The van der Waals surface area contributed by atoms with Gasteiger partial charge in [-0.3, -0.25) is 0 Å². The van der Waals surface area contributed by atoms with Crippen LogP contribution in [0, 0.1) is 0 Å².